The third kappa shape index (κ3) is 5.66. The average Bonchev–Trinajstić information content (AvgIpc) is 2.74. The molecule has 31 heavy (non-hydrogen) atoms. The Morgan fingerprint density at radius 2 is 1.81 bits per heavy atom. The van der Waals surface area contributed by atoms with Crippen molar-refractivity contribution in [1.29, 1.82) is 0 Å². The maximum atomic E-state index is 13.0. The summed E-state index contributed by atoms with van der Waals surface area (Å²) in [5, 5.41) is 22.7. The number of aromatic nitrogens is 2. The SMILES string of the molecule is CN(C)CC(=O)N1CCC(c2nc(O)c(O)c(C(=O)NCc3ccc(F)cc3)n2)CC1. The Balaban J connectivity index is 1.67. The molecule has 3 rings (SSSR count). The Morgan fingerprint density at radius 3 is 2.42 bits per heavy atom. The summed E-state index contributed by atoms with van der Waals surface area (Å²) < 4.78 is 13.0. The topological polar surface area (TPSA) is 119 Å². The van der Waals surface area contributed by atoms with Gasteiger partial charge in [-0.05, 0) is 44.6 Å². The van der Waals surface area contributed by atoms with E-state index >= 15 is 0 Å². The summed E-state index contributed by atoms with van der Waals surface area (Å²) in [4.78, 5) is 36.5. The van der Waals surface area contributed by atoms with Crippen LogP contribution in [0.25, 0.3) is 0 Å². The van der Waals surface area contributed by atoms with E-state index in [0.29, 0.717) is 38.0 Å². The number of nitrogens with one attached hydrogen (secondary N) is 1. The fourth-order valence-corrected chi connectivity index (χ4v) is 3.43. The monoisotopic (exact) mass is 431 g/mol. The molecule has 0 spiro atoms. The smallest absolute Gasteiger partial charge is 0.274 e. The van der Waals surface area contributed by atoms with Crippen LogP contribution < -0.4 is 5.32 Å². The minimum absolute atomic E-state index is 0.0405. The van der Waals surface area contributed by atoms with Crippen LogP contribution >= 0.6 is 0 Å². The minimum atomic E-state index is -0.695. The molecule has 1 saturated heterocycles. The molecule has 0 radical (unpaired) electrons. The third-order valence-corrected chi connectivity index (χ3v) is 5.13. The van der Waals surface area contributed by atoms with Crippen molar-refractivity contribution in [3.05, 3.63) is 47.2 Å². The van der Waals surface area contributed by atoms with E-state index in [9.17, 15) is 24.2 Å². The Kier molecular flexibility index (Phi) is 7.01. The van der Waals surface area contributed by atoms with E-state index in [4.69, 9.17) is 0 Å². The first-order chi connectivity index (χ1) is 14.7. The molecule has 0 atom stereocenters. The average molecular weight is 431 g/mol. The Bertz CT molecular complexity index is 944. The van der Waals surface area contributed by atoms with Crippen molar-refractivity contribution in [2.75, 3.05) is 33.7 Å². The molecule has 166 valence electrons. The van der Waals surface area contributed by atoms with Gasteiger partial charge in [0.15, 0.2) is 5.69 Å². The van der Waals surface area contributed by atoms with E-state index in [1.54, 1.807) is 4.90 Å². The van der Waals surface area contributed by atoms with Crippen LogP contribution in [0.2, 0.25) is 0 Å². The number of carbonyl (C=O) groups excluding carboxylic acids is 2. The van der Waals surface area contributed by atoms with Gasteiger partial charge in [0.1, 0.15) is 11.6 Å². The summed E-state index contributed by atoms with van der Waals surface area (Å²) in [5.74, 6) is -2.28. The van der Waals surface area contributed by atoms with Crippen LogP contribution in [-0.4, -0.2) is 75.5 Å². The lowest BCUT2D eigenvalue weighted by Gasteiger charge is -2.32. The maximum Gasteiger partial charge on any atom is 0.274 e. The second kappa shape index (κ2) is 9.69. The second-order valence-corrected chi connectivity index (χ2v) is 7.80. The number of halogens is 1. The van der Waals surface area contributed by atoms with Crippen molar-refractivity contribution in [3.8, 4) is 11.6 Å². The number of rotatable bonds is 6. The first kappa shape index (κ1) is 22.4. The van der Waals surface area contributed by atoms with E-state index in [0.717, 1.165) is 0 Å². The highest BCUT2D eigenvalue weighted by molar-refractivity contribution is 5.95. The van der Waals surface area contributed by atoms with Gasteiger partial charge < -0.3 is 25.3 Å². The quantitative estimate of drug-likeness (QED) is 0.629. The van der Waals surface area contributed by atoms with Gasteiger partial charge in [0, 0.05) is 25.6 Å². The van der Waals surface area contributed by atoms with Gasteiger partial charge in [0.25, 0.3) is 11.8 Å². The first-order valence-electron chi connectivity index (χ1n) is 9.99. The standard InChI is InChI=1S/C21H26FN5O4/c1-26(2)12-16(28)27-9-7-14(8-10-27)19-24-17(18(29)21(31)25-19)20(30)23-11-13-3-5-15(22)6-4-13/h3-6,14,29H,7-12H2,1-2H3,(H,23,30)(H,24,25,31). The lowest BCUT2D eigenvalue weighted by molar-refractivity contribution is -0.132. The highest BCUT2D eigenvalue weighted by atomic mass is 19.1. The van der Waals surface area contributed by atoms with E-state index in [1.807, 2.05) is 19.0 Å². The van der Waals surface area contributed by atoms with Crippen LogP contribution in [0.5, 0.6) is 11.6 Å². The molecule has 2 amide bonds. The van der Waals surface area contributed by atoms with Crippen LogP contribution in [0.15, 0.2) is 24.3 Å². The summed E-state index contributed by atoms with van der Waals surface area (Å²) in [7, 11) is 3.67. The van der Waals surface area contributed by atoms with Gasteiger partial charge in [-0.15, -0.1) is 0 Å². The number of piperidine rings is 1. The molecule has 1 aliphatic rings. The Labute approximate surface area is 179 Å². The summed E-state index contributed by atoms with van der Waals surface area (Å²) in [6.07, 6.45) is 1.17. The van der Waals surface area contributed by atoms with E-state index in [1.165, 1.54) is 24.3 Å². The molecule has 2 heterocycles. The summed E-state index contributed by atoms with van der Waals surface area (Å²) in [6.45, 7) is 1.48. The van der Waals surface area contributed by atoms with Crippen molar-refractivity contribution < 1.29 is 24.2 Å². The fourth-order valence-electron chi connectivity index (χ4n) is 3.43. The van der Waals surface area contributed by atoms with Crippen LogP contribution in [0, 0.1) is 5.82 Å². The molecular formula is C21H26FN5O4. The number of carbonyl (C=O) groups is 2. The molecule has 3 N–H and O–H groups in total. The molecule has 0 aliphatic carbocycles. The number of amides is 2. The molecule has 1 aromatic heterocycles. The summed E-state index contributed by atoms with van der Waals surface area (Å²) in [5.41, 5.74) is 0.346. The number of likely N-dealkylation sites (N-methyl/N-ethyl adjacent to an activating group) is 1. The van der Waals surface area contributed by atoms with E-state index < -0.39 is 17.5 Å². The predicted molar refractivity (Wildman–Crippen MR) is 110 cm³/mol. The van der Waals surface area contributed by atoms with Crippen LogP contribution in [-0.2, 0) is 11.3 Å². The lowest BCUT2D eigenvalue weighted by atomic mass is 9.95. The van der Waals surface area contributed by atoms with Gasteiger partial charge in [-0.3, -0.25) is 9.59 Å². The van der Waals surface area contributed by atoms with Crippen LogP contribution in [0.1, 0.15) is 40.6 Å². The fraction of sp³-hybridized carbons (Fsp3) is 0.429. The van der Waals surface area contributed by atoms with Crippen molar-refractivity contribution in [2.24, 2.45) is 0 Å². The van der Waals surface area contributed by atoms with Gasteiger partial charge in [0.05, 0.1) is 6.54 Å². The second-order valence-electron chi connectivity index (χ2n) is 7.80. The van der Waals surface area contributed by atoms with Crippen molar-refractivity contribution in [3.63, 3.8) is 0 Å². The van der Waals surface area contributed by atoms with Gasteiger partial charge in [-0.1, -0.05) is 12.1 Å². The highest BCUT2D eigenvalue weighted by Gasteiger charge is 2.28. The van der Waals surface area contributed by atoms with Crippen molar-refractivity contribution in [1.82, 2.24) is 25.1 Å². The van der Waals surface area contributed by atoms with E-state index in [-0.39, 0.29) is 35.7 Å². The highest BCUT2D eigenvalue weighted by Crippen LogP contribution is 2.31. The van der Waals surface area contributed by atoms with Gasteiger partial charge in [0.2, 0.25) is 11.7 Å². The number of hydrogen-bond acceptors (Lipinski definition) is 7. The van der Waals surface area contributed by atoms with Crippen molar-refractivity contribution >= 4 is 11.8 Å². The molecule has 9 nitrogen and oxygen atoms in total. The molecule has 0 bridgehead atoms. The normalized spacial score (nSPS) is 14.6. The minimum Gasteiger partial charge on any atom is -0.501 e. The largest absolute Gasteiger partial charge is 0.501 e. The molecular weight excluding hydrogens is 405 g/mol. The predicted octanol–water partition coefficient (Wildman–Crippen LogP) is 1.22. The maximum absolute atomic E-state index is 13.0. The Hall–Kier alpha value is -3.27. The van der Waals surface area contributed by atoms with E-state index in [2.05, 4.69) is 15.3 Å². The Morgan fingerprint density at radius 1 is 1.16 bits per heavy atom. The zero-order valence-corrected chi connectivity index (χ0v) is 17.5. The van der Waals surface area contributed by atoms with Gasteiger partial charge in [-0.25, -0.2) is 9.37 Å². The zero-order valence-electron chi connectivity index (χ0n) is 17.5. The molecule has 1 aromatic carbocycles. The van der Waals surface area contributed by atoms with Crippen molar-refractivity contribution in [2.45, 2.75) is 25.3 Å². The molecule has 0 saturated carbocycles. The zero-order chi connectivity index (χ0) is 22.5. The van der Waals surface area contributed by atoms with Gasteiger partial charge in [-0.2, -0.15) is 4.98 Å². The molecule has 1 fully saturated rings. The number of hydrogen-bond donors (Lipinski definition) is 3. The summed E-state index contributed by atoms with van der Waals surface area (Å²) in [6, 6.07) is 5.62. The molecule has 2 aromatic rings. The summed E-state index contributed by atoms with van der Waals surface area (Å²) >= 11 is 0. The first-order valence-corrected chi connectivity index (χ1v) is 9.99. The third-order valence-electron chi connectivity index (χ3n) is 5.13. The van der Waals surface area contributed by atoms with Crippen LogP contribution in [0.3, 0.4) is 0 Å². The van der Waals surface area contributed by atoms with Gasteiger partial charge >= 0.3 is 0 Å². The van der Waals surface area contributed by atoms with Crippen LogP contribution in [0.4, 0.5) is 4.39 Å². The number of benzene rings is 1. The molecule has 0 unspecified atom stereocenters. The number of aromatic hydroxyl groups is 2. The molecule has 1 aliphatic heterocycles. The number of likely N-dealkylation sites (tertiary alicyclic amines) is 1. The molecule has 10 heteroatoms. The number of nitrogens with zero attached hydrogens (tertiary/aromatic N) is 4. The lowest BCUT2D eigenvalue weighted by Crippen LogP contribution is -2.42.